The summed E-state index contributed by atoms with van der Waals surface area (Å²) in [6.07, 6.45) is 5.59. The normalized spacial score (nSPS) is 19.3. The van der Waals surface area contributed by atoms with Crippen molar-refractivity contribution in [2.45, 2.75) is 25.7 Å². The summed E-state index contributed by atoms with van der Waals surface area (Å²) in [6, 6.07) is 0. The SMILES string of the molecule is CN(CCN(C)CCN(C)CCN1CCCC1)CCN(C)CCN1CCCC1. The monoisotopic (exact) mass is 396 g/mol. The van der Waals surface area contributed by atoms with Crippen LogP contribution in [0.1, 0.15) is 25.7 Å². The van der Waals surface area contributed by atoms with Crippen molar-refractivity contribution in [1.82, 2.24) is 29.4 Å². The zero-order chi connectivity index (χ0) is 20.2. The molecule has 2 fully saturated rings. The van der Waals surface area contributed by atoms with Crippen LogP contribution < -0.4 is 0 Å². The van der Waals surface area contributed by atoms with Crippen LogP contribution in [-0.2, 0) is 0 Å². The van der Waals surface area contributed by atoms with Crippen LogP contribution in [0.5, 0.6) is 0 Å². The van der Waals surface area contributed by atoms with E-state index < -0.39 is 0 Å². The first-order valence-corrected chi connectivity index (χ1v) is 11.7. The minimum atomic E-state index is 1.16. The number of likely N-dealkylation sites (N-methyl/N-ethyl adjacent to an activating group) is 4. The molecule has 0 amide bonds. The smallest absolute Gasteiger partial charge is 0.0109 e. The van der Waals surface area contributed by atoms with Crippen LogP contribution in [-0.4, -0.2) is 149 Å². The molecular weight excluding hydrogens is 348 g/mol. The summed E-state index contributed by atoms with van der Waals surface area (Å²) in [5.41, 5.74) is 0. The van der Waals surface area contributed by atoms with Gasteiger partial charge in [0.25, 0.3) is 0 Å². The first-order valence-electron chi connectivity index (χ1n) is 11.7. The van der Waals surface area contributed by atoms with Crippen molar-refractivity contribution in [2.75, 3.05) is 120 Å². The second-order valence-electron chi connectivity index (χ2n) is 9.31. The van der Waals surface area contributed by atoms with Gasteiger partial charge in [-0.3, -0.25) is 0 Å². The van der Waals surface area contributed by atoms with Gasteiger partial charge in [-0.1, -0.05) is 0 Å². The van der Waals surface area contributed by atoms with Crippen LogP contribution in [0.2, 0.25) is 0 Å². The van der Waals surface area contributed by atoms with Gasteiger partial charge in [-0.25, -0.2) is 0 Å². The molecule has 0 unspecified atom stereocenters. The van der Waals surface area contributed by atoms with Crippen molar-refractivity contribution in [3.63, 3.8) is 0 Å². The molecule has 0 spiro atoms. The van der Waals surface area contributed by atoms with Gasteiger partial charge in [0, 0.05) is 65.4 Å². The van der Waals surface area contributed by atoms with Crippen molar-refractivity contribution < 1.29 is 0 Å². The Hall–Kier alpha value is -0.240. The summed E-state index contributed by atoms with van der Waals surface area (Å²) < 4.78 is 0. The molecule has 0 N–H and O–H groups in total. The highest BCUT2D eigenvalue weighted by molar-refractivity contribution is 4.69. The molecule has 0 aromatic heterocycles. The van der Waals surface area contributed by atoms with Crippen molar-refractivity contribution in [2.24, 2.45) is 0 Å². The van der Waals surface area contributed by atoms with Gasteiger partial charge in [0.15, 0.2) is 0 Å². The Labute approximate surface area is 175 Å². The predicted octanol–water partition coefficient (Wildman–Crippen LogP) is 0.905. The molecule has 166 valence electrons. The molecule has 2 aliphatic heterocycles. The van der Waals surface area contributed by atoms with Gasteiger partial charge in [0.05, 0.1) is 0 Å². The predicted molar refractivity (Wildman–Crippen MR) is 121 cm³/mol. The van der Waals surface area contributed by atoms with Gasteiger partial charge in [-0.05, 0) is 80.1 Å². The van der Waals surface area contributed by atoms with Crippen LogP contribution in [0.4, 0.5) is 0 Å². The van der Waals surface area contributed by atoms with E-state index in [4.69, 9.17) is 0 Å². The van der Waals surface area contributed by atoms with Crippen LogP contribution in [0.15, 0.2) is 0 Å². The van der Waals surface area contributed by atoms with Crippen LogP contribution in [0.3, 0.4) is 0 Å². The molecule has 0 saturated carbocycles. The number of likely N-dealkylation sites (tertiary alicyclic amines) is 2. The van der Waals surface area contributed by atoms with Gasteiger partial charge in [-0.15, -0.1) is 0 Å². The van der Waals surface area contributed by atoms with Gasteiger partial charge < -0.3 is 29.4 Å². The number of rotatable bonds is 15. The molecule has 28 heavy (non-hydrogen) atoms. The molecular formula is C22H48N6. The number of hydrogen-bond acceptors (Lipinski definition) is 6. The third-order valence-corrected chi connectivity index (χ3v) is 6.58. The Morgan fingerprint density at radius 2 is 0.679 bits per heavy atom. The maximum absolute atomic E-state index is 2.61. The average Bonchev–Trinajstić information content (AvgIpc) is 3.39. The molecule has 0 aromatic rings. The Kier molecular flexibility index (Phi) is 11.9. The lowest BCUT2D eigenvalue weighted by molar-refractivity contribution is 0.197. The van der Waals surface area contributed by atoms with E-state index in [-0.39, 0.29) is 0 Å². The lowest BCUT2D eigenvalue weighted by Crippen LogP contribution is -2.40. The van der Waals surface area contributed by atoms with Crippen LogP contribution in [0.25, 0.3) is 0 Å². The Bertz CT molecular complexity index is 345. The highest BCUT2D eigenvalue weighted by Gasteiger charge is 2.13. The van der Waals surface area contributed by atoms with Crippen LogP contribution >= 0.6 is 0 Å². The molecule has 0 bridgehead atoms. The average molecular weight is 397 g/mol. The fourth-order valence-corrected chi connectivity index (χ4v) is 4.11. The van der Waals surface area contributed by atoms with Crippen molar-refractivity contribution in [1.29, 1.82) is 0 Å². The molecule has 0 radical (unpaired) electrons. The van der Waals surface area contributed by atoms with E-state index in [2.05, 4.69) is 57.6 Å². The number of hydrogen-bond donors (Lipinski definition) is 0. The zero-order valence-electron chi connectivity index (χ0n) is 19.4. The molecule has 2 aliphatic rings. The van der Waals surface area contributed by atoms with Crippen LogP contribution in [0, 0.1) is 0 Å². The third kappa shape index (κ3) is 10.5. The summed E-state index contributed by atoms with van der Waals surface area (Å²) in [5.74, 6) is 0. The van der Waals surface area contributed by atoms with E-state index in [1.807, 2.05) is 0 Å². The molecule has 0 aliphatic carbocycles. The highest BCUT2D eigenvalue weighted by atomic mass is 15.2. The maximum Gasteiger partial charge on any atom is 0.0109 e. The van der Waals surface area contributed by atoms with Crippen molar-refractivity contribution >= 4 is 0 Å². The molecule has 2 heterocycles. The van der Waals surface area contributed by atoms with E-state index in [0.717, 1.165) is 13.1 Å². The first-order chi connectivity index (χ1) is 13.5. The molecule has 2 saturated heterocycles. The molecule has 0 atom stereocenters. The lowest BCUT2D eigenvalue weighted by Gasteiger charge is -2.27. The Balaban J connectivity index is 1.43. The summed E-state index contributed by atoms with van der Waals surface area (Å²) in [5, 5.41) is 0. The summed E-state index contributed by atoms with van der Waals surface area (Å²) in [4.78, 5) is 15.2. The summed E-state index contributed by atoms with van der Waals surface area (Å²) >= 11 is 0. The van der Waals surface area contributed by atoms with E-state index in [1.54, 1.807) is 0 Å². The Morgan fingerprint density at radius 3 is 0.964 bits per heavy atom. The first kappa shape index (κ1) is 24.0. The standard InChI is InChI=1S/C22H48N6/c1-23(15-17-25(3)19-21-27-9-5-6-10-27)13-14-24(2)16-18-26(4)20-22-28-11-7-8-12-28/h5-22H2,1-4H3. The lowest BCUT2D eigenvalue weighted by atomic mass is 10.4. The summed E-state index contributed by atoms with van der Waals surface area (Å²) in [7, 11) is 9.08. The van der Waals surface area contributed by atoms with E-state index in [0.29, 0.717) is 0 Å². The van der Waals surface area contributed by atoms with Gasteiger partial charge >= 0.3 is 0 Å². The fraction of sp³-hybridized carbons (Fsp3) is 1.00. The van der Waals surface area contributed by atoms with Gasteiger partial charge in [0.2, 0.25) is 0 Å². The second-order valence-corrected chi connectivity index (χ2v) is 9.31. The third-order valence-electron chi connectivity index (χ3n) is 6.58. The maximum atomic E-state index is 2.61. The van der Waals surface area contributed by atoms with Gasteiger partial charge in [0.1, 0.15) is 0 Å². The van der Waals surface area contributed by atoms with E-state index >= 15 is 0 Å². The molecule has 6 nitrogen and oxygen atoms in total. The highest BCUT2D eigenvalue weighted by Crippen LogP contribution is 2.07. The second kappa shape index (κ2) is 13.9. The van der Waals surface area contributed by atoms with E-state index in [1.165, 1.54) is 104 Å². The quantitative estimate of drug-likeness (QED) is 0.407. The minimum Gasteiger partial charge on any atom is -0.304 e. The zero-order valence-corrected chi connectivity index (χ0v) is 19.4. The van der Waals surface area contributed by atoms with E-state index in [9.17, 15) is 0 Å². The van der Waals surface area contributed by atoms with Crippen molar-refractivity contribution in [3.05, 3.63) is 0 Å². The van der Waals surface area contributed by atoms with Gasteiger partial charge in [-0.2, -0.15) is 0 Å². The Morgan fingerprint density at radius 1 is 0.429 bits per heavy atom. The number of nitrogens with zero attached hydrogens (tertiary/aromatic N) is 6. The molecule has 2 rings (SSSR count). The fourth-order valence-electron chi connectivity index (χ4n) is 4.11. The minimum absolute atomic E-state index is 1.16. The molecule has 6 heteroatoms. The van der Waals surface area contributed by atoms with Crippen molar-refractivity contribution in [3.8, 4) is 0 Å². The summed E-state index contributed by atoms with van der Waals surface area (Å²) in [6.45, 7) is 17.2. The largest absolute Gasteiger partial charge is 0.304 e. The topological polar surface area (TPSA) is 19.4 Å². The molecule has 0 aromatic carbocycles.